The first-order valence-electron chi connectivity index (χ1n) is 19.5. The molecule has 290 valence electrons. The Kier molecular flexibility index (Phi) is 29.0. The Morgan fingerprint density at radius 1 is 0.725 bits per heavy atom. The minimum absolute atomic E-state index is 0.0956. The lowest BCUT2D eigenvalue weighted by molar-refractivity contribution is -0.161. The van der Waals surface area contributed by atoms with Crippen molar-refractivity contribution in [2.45, 2.75) is 149 Å². The molecule has 0 bridgehead atoms. The maximum atomic E-state index is 12.7. The van der Waals surface area contributed by atoms with Gasteiger partial charge >= 0.3 is 19.8 Å². The van der Waals surface area contributed by atoms with Crippen LogP contribution in [0.15, 0.2) is 72.0 Å². The molecule has 51 heavy (non-hydrogen) atoms. The smallest absolute Gasteiger partial charge is 0.462 e. The monoisotopic (exact) mass is 733 g/mol. The summed E-state index contributed by atoms with van der Waals surface area (Å²) in [6.45, 7) is 5.84. The molecule has 2 atom stereocenters. The Bertz CT molecular complexity index is 1160. The lowest BCUT2D eigenvalue weighted by Gasteiger charge is -2.20. The predicted octanol–water partition coefficient (Wildman–Crippen LogP) is 10.7. The highest BCUT2D eigenvalue weighted by atomic mass is 31.2. The van der Waals surface area contributed by atoms with Gasteiger partial charge in [0.15, 0.2) is 6.10 Å². The minimum Gasteiger partial charge on any atom is -0.462 e. The number of rotatable bonds is 32. The topological polar surface area (TPSA) is 120 Å². The van der Waals surface area contributed by atoms with Crippen LogP contribution in [-0.4, -0.2) is 49.3 Å². The van der Waals surface area contributed by atoms with Gasteiger partial charge in [-0.1, -0.05) is 126 Å². The third-order valence-electron chi connectivity index (χ3n) is 8.12. The van der Waals surface area contributed by atoms with Crippen molar-refractivity contribution in [3.05, 3.63) is 72.0 Å². The lowest BCUT2D eigenvalue weighted by atomic mass is 10.1. The zero-order chi connectivity index (χ0) is 37.3. The fourth-order valence-corrected chi connectivity index (χ4v) is 5.86. The number of hydrogen-bond donors (Lipinski definition) is 2. The van der Waals surface area contributed by atoms with Gasteiger partial charge < -0.3 is 19.7 Å². The number of esters is 2. The summed E-state index contributed by atoms with van der Waals surface area (Å²) < 4.78 is 33.9. The highest BCUT2D eigenvalue weighted by Gasteiger charge is 2.26. The molecule has 0 saturated heterocycles. The molecule has 2 N–H and O–H groups in total. The second-order valence-electron chi connectivity index (χ2n) is 13.1. The molecule has 0 spiro atoms. The summed E-state index contributed by atoms with van der Waals surface area (Å²) in [5.41, 5.74) is 1.95. The molecule has 0 radical (unpaired) electrons. The molecule has 0 amide bonds. The van der Waals surface area contributed by atoms with E-state index in [0.717, 1.165) is 88.3 Å². The SMILES string of the molecule is CCC/C=C\CCCCCCCC(=O)OCC(COP(=O)(O)OCCNC1=C/C=C\C(C)=C/C=C1)OC(=O)CCCCCCC/C=C\CCCC. The summed E-state index contributed by atoms with van der Waals surface area (Å²) in [6.07, 6.45) is 37.9. The Hall–Kier alpha value is -2.71. The summed E-state index contributed by atoms with van der Waals surface area (Å²) >= 11 is 0. The fourth-order valence-electron chi connectivity index (χ4n) is 5.11. The summed E-state index contributed by atoms with van der Waals surface area (Å²) in [7, 11) is -4.46. The van der Waals surface area contributed by atoms with Crippen LogP contribution in [-0.2, 0) is 32.7 Å². The van der Waals surface area contributed by atoms with Crippen molar-refractivity contribution >= 4 is 19.8 Å². The molecule has 2 unspecified atom stereocenters. The molecule has 1 aliphatic carbocycles. The lowest BCUT2D eigenvalue weighted by Crippen LogP contribution is -2.29. The molecule has 10 heteroatoms. The maximum Gasteiger partial charge on any atom is 0.472 e. The zero-order valence-electron chi connectivity index (χ0n) is 31.9. The Balaban J connectivity index is 2.47. The summed E-state index contributed by atoms with van der Waals surface area (Å²) in [4.78, 5) is 35.4. The average molecular weight is 734 g/mol. The summed E-state index contributed by atoms with van der Waals surface area (Å²) in [5.74, 6) is -0.855. The highest BCUT2D eigenvalue weighted by Crippen LogP contribution is 2.43. The number of carbonyl (C=O) groups excluding carboxylic acids is 2. The van der Waals surface area contributed by atoms with E-state index in [1.807, 2.05) is 43.4 Å². The van der Waals surface area contributed by atoms with Gasteiger partial charge in [-0.15, -0.1) is 0 Å². The highest BCUT2D eigenvalue weighted by molar-refractivity contribution is 7.47. The number of unbranched alkanes of at least 4 members (excludes halogenated alkanes) is 13. The molecule has 0 aromatic rings. The first-order valence-corrected chi connectivity index (χ1v) is 21.0. The molecule has 0 saturated carbocycles. The molecule has 9 nitrogen and oxygen atoms in total. The standard InChI is InChI=1S/C41H68NO8P/c1-4-6-8-10-12-14-16-18-20-22-24-32-41(44)50-39(35-47-40(43)31-23-21-19-17-15-13-11-9-7-5-2)36-49-51(45,46)48-34-33-42-38-29-25-27-37(3)28-26-30-38/h9-12,25-30,39,42H,4-8,13-24,31-36H2,1-3H3,(H,45,46)/b11-9-,12-10-,27-25-,28-26?,29-25?,30-26?,37-27?,37-28-,38-29?,38-30?. The average Bonchev–Trinajstić information content (AvgIpc) is 3.09. The molecule has 0 aromatic carbocycles. The van der Waals surface area contributed by atoms with Crippen LogP contribution in [0.5, 0.6) is 0 Å². The van der Waals surface area contributed by atoms with Crippen LogP contribution >= 0.6 is 7.82 Å². The van der Waals surface area contributed by atoms with Crippen LogP contribution in [0.1, 0.15) is 143 Å². The Labute approximate surface area is 309 Å². The number of allylic oxidation sites excluding steroid dienone is 11. The largest absolute Gasteiger partial charge is 0.472 e. The third-order valence-corrected chi connectivity index (χ3v) is 9.11. The van der Waals surface area contributed by atoms with Crippen LogP contribution in [0.4, 0.5) is 0 Å². The number of nitrogens with one attached hydrogen (secondary N) is 1. The second-order valence-corrected chi connectivity index (χ2v) is 14.5. The predicted molar refractivity (Wildman–Crippen MR) is 208 cm³/mol. The van der Waals surface area contributed by atoms with Crippen molar-refractivity contribution in [2.24, 2.45) is 0 Å². The zero-order valence-corrected chi connectivity index (χ0v) is 32.8. The molecule has 0 aliphatic heterocycles. The van der Waals surface area contributed by atoms with E-state index in [9.17, 15) is 19.0 Å². The Morgan fingerprint density at radius 3 is 1.98 bits per heavy atom. The third kappa shape index (κ3) is 29.6. The fraction of sp³-hybridized carbons (Fsp3) is 0.659. The van der Waals surface area contributed by atoms with Gasteiger partial charge in [0.05, 0.1) is 13.2 Å². The van der Waals surface area contributed by atoms with Gasteiger partial charge in [0.1, 0.15) is 6.61 Å². The van der Waals surface area contributed by atoms with Gasteiger partial charge in [-0.2, -0.15) is 0 Å². The van der Waals surface area contributed by atoms with Crippen molar-refractivity contribution in [3.63, 3.8) is 0 Å². The molecule has 0 fully saturated rings. The molecule has 0 heterocycles. The number of ether oxygens (including phenoxy) is 2. The molecular weight excluding hydrogens is 665 g/mol. The summed E-state index contributed by atoms with van der Waals surface area (Å²) in [5, 5.41) is 3.14. The molecule has 1 aliphatic rings. The van der Waals surface area contributed by atoms with E-state index in [0.29, 0.717) is 12.8 Å². The normalized spacial score (nSPS) is 16.5. The van der Waals surface area contributed by atoms with E-state index in [1.165, 1.54) is 19.3 Å². The first-order chi connectivity index (χ1) is 24.8. The number of carbonyl (C=O) groups is 2. The van der Waals surface area contributed by atoms with Crippen molar-refractivity contribution < 1.29 is 37.6 Å². The molecule has 1 rings (SSSR count). The van der Waals surface area contributed by atoms with Crippen molar-refractivity contribution in [3.8, 4) is 0 Å². The Morgan fingerprint density at radius 2 is 1.31 bits per heavy atom. The number of phosphoric ester groups is 1. The second kappa shape index (κ2) is 32.0. The summed E-state index contributed by atoms with van der Waals surface area (Å²) in [6, 6.07) is 0. The van der Waals surface area contributed by atoms with Gasteiger partial charge in [-0.3, -0.25) is 18.6 Å². The van der Waals surface area contributed by atoms with Gasteiger partial charge in [0.25, 0.3) is 0 Å². The van der Waals surface area contributed by atoms with E-state index in [2.05, 4.69) is 43.5 Å². The maximum absolute atomic E-state index is 12.7. The van der Waals surface area contributed by atoms with E-state index in [1.54, 1.807) is 0 Å². The number of hydrogen-bond acceptors (Lipinski definition) is 8. The van der Waals surface area contributed by atoms with Crippen molar-refractivity contribution in [1.82, 2.24) is 5.32 Å². The van der Waals surface area contributed by atoms with Crippen LogP contribution in [0.3, 0.4) is 0 Å². The quantitative estimate of drug-likeness (QED) is 0.0301. The molecular formula is C41H68NO8P. The molecule has 0 aromatic heterocycles. The van der Waals surface area contributed by atoms with Gasteiger partial charge in [0.2, 0.25) is 0 Å². The van der Waals surface area contributed by atoms with Gasteiger partial charge in [0, 0.05) is 25.1 Å². The minimum atomic E-state index is -4.46. The van der Waals surface area contributed by atoms with E-state index < -0.39 is 32.5 Å². The van der Waals surface area contributed by atoms with Crippen LogP contribution < -0.4 is 5.32 Å². The van der Waals surface area contributed by atoms with Crippen LogP contribution in [0.2, 0.25) is 0 Å². The van der Waals surface area contributed by atoms with E-state index in [-0.39, 0.29) is 32.6 Å². The van der Waals surface area contributed by atoms with Crippen molar-refractivity contribution in [1.29, 1.82) is 0 Å². The number of phosphoric acid groups is 1. The first kappa shape index (κ1) is 46.3. The van der Waals surface area contributed by atoms with Gasteiger partial charge in [-0.05, 0) is 70.4 Å². The van der Waals surface area contributed by atoms with E-state index in [4.69, 9.17) is 18.5 Å². The van der Waals surface area contributed by atoms with Crippen molar-refractivity contribution in [2.75, 3.05) is 26.4 Å². The van der Waals surface area contributed by atoms with E-state index >= 15 is 0 Å². The van der Waals surface area contributed by atoms with Crippen LogP contribution in [0, 0.1) is 0 Å². The van der Waals surface area contributed by atoms with Crippen LogP contribution in [0.25, 0.3) is 0 Å². The van der Waals surface area contributed by atoms with Gasteiger partial charge in [-0.25, -0.2) is 4.57 Å².